The number of hydrogen-bond acceptors (Lipinski definition) is 7. The Morgan fingerprint density at radius 1 is 1.35 bits per heavy atom. The highest BCUT2D eigenvalue weighted by Crippen LogP contribution is 2.46. The zero-order valence-electron chi connectivity index (χ0n) is 14.2. The number of nitro groups is 1. The summed E-state index contributed by atoms with van der Waals surface area (Å²) in [6, 6.07) is 4.38. The zero-order valence-corrected chi connectivity index (χ0v) is 15.0. The van der Waals surface area contributed by atoms with E-state index < -0.39 is 10.3 Å². The number of amides is 1. The molecule has 3 heterocycles. The summed E-state index contributed by atoms with van der Waals surface area (Å²) in [6.07, 6.45) is 0.186. The Morgan fingerprint density at radius 3 is 2.81 bits per heavy atom. The molecule has 0 aliphatic carbocycles. The Hall–Kier alpha value is -2.39. The van der Waals surface area contributed by atoms with Gasteiger partial charge in [-0.3, -0.25) is 19.7 Å². The summed E-state index contributed by atoms with van der Waals surface area (Å²) >= 11 is 5.05. The highest BCUT2D eigenvalue weighted by atomic mass is 32.1. The lowest BCUT2D eigenvalue weighted by Gasteiger charge is -2.54. The van der Waals surface area contributed by atoms with E-state index in [0.717, 1.165) is 12.2 Å². The minimum atomic E-state index is -1.26. The van der Waals surface area contributed by atoms with E-state index in [4.69, 9.17) is 12.2 Å². The molecule has 1 amide bonds. The van der Waals surface area contributed by atoms with Crippen molar-refractivity contribution < 1.29 is 14.5 Å². The van der Waals surface area contributed by atoms with Crippen molar-refractivity contribution >= 4 is 40.3 Å². The fourth-order valence-electron chi connectivity index (χ4n) is 4.38. The molecule has 1 aromatic carbocycles. The molecule has 0 aromatic heterocycles. The van der Waals surface area contributed by atoms with Crippen LogP contribution >= 0.6 is 12.2 Å². The predicted molar refractivity (Wildman–Crippen MR) is 98.2 cm³/mol. The van der Waals surface area contributed by atoms with Crippen LogP contribution in [0.3, 0.4) is 0 Å². The van der Waals surface area contributed by atoms with Crippen LogP contribution in [0.5, 0.6) is 0 Å². The number of piperidine rings is 1. The zero-order chi connectivity index (χ0) is 18.6. The van der Waals surface area contributed by atoms with E-state index in [0.29, 0.717) is 18.7 Å². The summed E-state index contributed by atoms with van der Waals surface area (Å²) in [5.74, 6) is -0.588. The van der Waals surface area contributed by atoms with E-state index in [1.165, 1.54) is 12.1 Å². The second-order valence-corrected chi connectivity index (χ2v) is 7.66. The highest BCUT2D eigenvalue weighted by Gasteiger charge is 2.59. The largest absolute Gasteiger partial charge is 0.364 e. The van der Waals surface area contributed by atoms with Crippen LogP contribution in [-0.4, -0.2) is 59.2 Å². The van der Waals surface area contributed by atoms with Crippen LogP contribution in [0.1, 0.15) is 12.0 Å². The van der Waals surface area contributed by atoms with Crippen molar-refractivity contribution in [3.05, 3.63) is 33.9 Å². The molecular weight excluding hydrogens is 356 g/mol. The van der Waals surface area contributed by atoms with Crippen LogP contribution in [0.4, 0.5) is 11.4 Å². The standard InChI is InChI=1S/C17H18N4O4S/c1-19-4-5-20-12-3-2-11(21(24)25)6-10(12)8-17(13(20)9-19)14(22)7-15(26)18-16(17)23/h2-3,6,13H,4-5,7-9H2,1H3,(H,18,23,26)/t13?,17-/m0/s1. The van der Waals surface area contributed by atoms with Gasteiger partial charge in [0.1, 0.15) is 5.41 Å². The molecule has 1 N–H and O–H groups in total. The van der Waals surface area contributed by atoms with E-state index in [-0.39, 0.29) is 41.2 Å². The van der Waals surface area contributed by atoms with E-state index in [1.54, 1.807) is 6.07 Å². The Kier molecular flexibility index (Phi) is 3.81. The monoisotopic (exact) mass is 374 g/mol. The van der Waals surface area contributed by atoms with Crippen LogP contribution in [0, 0.1) is 15.5 Å². The third-order valence-electron chi connectivity index (χ3n) is 5.68. The number of benzene rings is 1. The summed E-state index contributed by atoms with van der Waals surface area (Å²) in [5.41, 5.74) is 0.231. The smallest absolute Gasteiger partial charge is 0.269 e. The van der Waals surface area contributed by atoms with Gasteiger partial charge in [-0.2, -0.15) is 0 Å². The maximum atomic E-state index is 13.1. The molecule has 8 nitrogen and oxygen atoms in total. The van der Waals surface area contributed by atoms with Gasteiger partial charge in [0.25, 0.3) is 5.69 Å². The van der Waals surface area contributed by atoms with Gasteiger partial charge < -0.3 is 15.1 Å². The van der Waals surface area contributed by atoms with Crippen molar-refractivity contribution in [3.63, 3.8) is 0 Å². The van der Waals surface area contributed by atoms with Gasteiger partial charge in [-0.1, -0.05) is 12.2 Å². The van der Waals surface area contributed by atoms with Crippen LogP contribution in [0.2, 0.25) is 0 Å². The first-order valence-electron chi connectivity index (χ1n) is 8.43. The Bertz CT molecular complexity index is 835. The number of thiocarbonyl (C=S) groups is 1. The number of piperazine rings is 1. The number of nitro benzene ring substituents is 1. The van der Waals surface area contributed by atoms with Crippen molar-refractivity contribution in [2.45, 2.75) is 18.9 Å². The van der Waals surface area contributed by atoms with E-state index in [1.807, 2.05) is 7.05 Å². The van der Waals surface area contributed by atoms with E-state index >= 15 is 0 Å². The second-order valence-electron chi connectivity index (χ2n) is 7.17. The lowest BCUT2D eigenvalue weighted by Crippen LogP contribution is -2.71. The number of Topliss-reactive ketones (excluding diaryl/α,β-unsaturated/α-hetero) is 1. The Labute approximate surface area is 155 Å². The third kappa shape index (κ3) is 2.34. The number of non-ortho nitro benzene ring substituents is 1. The lowest BCUT2D eigenvalue weighted by atomic mass is 9.65. The number of likely N-dealkylation sites (N-methyl/N-ethyl adjacent to an activating group) is 1. The number of nitrogens with one attached hydrogen (secondary N) is 1. The highest BCUT2D eigenvalue weighted by molar-refractivity contribution is 7.80. The van der Waals surface area contributed by atoms with Crippen LogP contribution in [0.15, 0.2) is 18.2 Å². The Balaban J connectivity index is 1.88. The number of ketones is 1. The number of hydrogen-bond donors (Lipinski definition) is 1. The van der Waals surface area contributed by atoms with Crippen molar-refractivity contribution in [3.8, 4) is 0 Å². The van der Waals surface area contributed by atoms with Crippen LogP contribution in [0.25, 0.3) is 0 Å². The minimum absolute atomic E-state index is 0.0272. The van der Waals surface area contributed by atoms with Gasteiger partial charge in [-0.25, -0.2) is 0 Å². The molecule has 0 radical (unpaired) electrons. The van der Waals surface area contributed by atoms with Crippen molar-refractivity contribution in [2.24, 2.45) is 5.41 Å². The molecule has 4 rings (SSSR count). The molecule has 26 heavy (non-hydrogen) atoms. The van der Waals surface area contributed by atoms with Gasteiger partial charge in [0.2, 0.25) is 5.91 Å². The molecular formula is C17H18N4O4S. The van der Waals surface area contributed by atoms with Gasteiger partial charge in [0, 0.05) is 37.5 Å². The number of carbonyl (C=O) groups is 2. The molecule has 2 fully saturated rings. The first kappa shape index (κ1) is 17.0. The molecule has 1 spiro atoms. The molecule has 2 saturated heterocycles. The summed E-state index contributed by atoms with van der Waals surface area (Å²) in [7, 11) is 1.96. The van der Waals surface area contributed by atoms with Gasteiger partial charge in [-0.05, 0) is 25.1 Å². The predicted octanol–water partition coefficient (Wildman–Crippen LogP) is 0.674. The average Bonchev–Trinajstić information content (AvgIpc) is 2.58. The van der Waals surface area contributed by atoms with Gasteiger partial charge in [0.05, 0.1) is 22.4 Å². The summed E-state index contributed by atoms with van der Waals surface area (Å²) < 4.78 is 0. The number of nitrogens with zero attached hydrogens (tertiary/aromatic N) is 3. The van der Waals surface area contributed by atoms with Crippen molar-refractivity contribution in [2.75, 3.05) is 31.6 Å². The maximum absolute atomic E-state index is 13.1. The normalized spacial score (nSPS) is 28.6. The average molecular weight is 374 g/mol. The Morgan fingerprint density at radius 2 is 2.12 bits per heavy atom. The molecule has 2 atom stereocenters. The molecule has 9 heteroatoms. The molecule has 3 aliphatic heterocycles. The lowest BCUT2D eigenvalue weighted by molar-refractivity contribution is -0.384. The van der Waals surface area contributed by atoms with Crippen LogP contribution < -0.4 is 10.2 Å². The van der Waals surface area contributed by atoms with Crippen molar-refractivity contribution in [1.29, 1.82) is 0 Å². The maximum Gasteiger partial charge on any atom is 0.269 e. The van der Waals surface area contributed by atoms with Gasteiger partial charge in [0.15, 0.2) is 5.78 Å². The number of carbonyl (C=O) groups excluding carboxylic acids is 2. The summed E-state index contributed by atoms with van der Waals surface area (Å²) in [4.78, 5) is 41.2. The van der Waals surface area contributed by atoms with Gasteiger partial charge >= 0.3 is 0 Å². The minimum Gasteiger partial charge on any atom is -0.364 e. The SMILES string of the molecule is CN1CCN2c3ccc([N+](=O)[O-])cc3C[C@@]3(C(=O)CC(=S)NC3=O)C2C1. The molecule has 1 aromatic rings. The van der Waals surface area contributed by atoms with Crippen LogP contribution in [-0.2, 0) is 16.0 Å². The molecule has 0 saturated carbocycles. The summed E-state index contributed by atoms with van der Waals surface area (Å²) in [6.45, 7) is 2.01. The first-order valence-corrected chi connectivity index (χ1v) is 8.84. The first-order chi connectivity index (χ1) is 12.3. The van der Waals surface area contributed by atoms with Gasteiger partial charge in [-0.15, -0.1) is 0 Å². The van der Waals surface area contributed by atoms with E-state index in [2.05, 4.69) is 15.1 Å². The summed E-state index contributed by atoms with van der Waals surface area (Å²) in [5, 5.41) is 13.9. The number of rotatable bonds is 1. The molecule has 0 bridgehead atoms. The molecule has 3 aliphatic rings. The second kappa shape index (κ2) is 5.82. The number of anilines is 1. The topological polar surface area (TPSA) is 95.8 Å². The number of fused-ring (bicyclic) bond motifs is 4. The quantitative estimate of drug-likeness (QED) is 0.334. The molecule has 1 unspecified atom stereocenters. The van der Waals surface area contributed by atoms with Crippen molar-refractivity contribution in [1.82, 2.24) is 10.2 Å². The fraction of sp³-hybridized carbons (Fsp3) is 0.471. The van der Waals surface area contributed by atoms with E-state index in [9.17, 15) is 19.7 Å². The fourth-order valence-corrected chi connectivity index (χ4v) is 4.61. The molecule has 136 valence electrons. The third-order valence-corrected chi connectivity index (χ3v) is 5.93.